The van der Waals surface area contributed by atoms with Gasteiger partial charge in [-0.2, -0.15) is 0 Å². The van der Waals surface area contributed by atoms with E-state index in [1.165, 1.54) is 0 Å². The molecule has 1 N–H and O–H groups in total. The molecule has 25 heavy (non-hydrogen) atoms. The lowest BCUT2D eigenvalue weighted by molar-refractivity contribution is -0.125. The van der Waals surface area contributed by atoms with E-state index in [2.05, 4.69) is 5.32 Å². The van der Waals surface area contributed by atoms with Crippen molar-refractivity contribution in [3.05, 3.63) is 65.2 Å². The molecular weight excluding hydrogens is 322 g/mol. The average Bonchev–Trinajstić information content (AvgIpc) is 2.62. The lowest BCUT2D eigenvalue weighted by Crippen LogP contribution is -2.38. The number of hydrogen-bond acceptors (Lipinski definition) is 5. The van der Waals surface area contributed by atoms with Gasteiger partial charge >= 0.3 is 11.9 Å². The van der Waals surface area contributed by atoms with Gasteiger partial charge in [-0.05, 0) is 30.7 Å². The molecule has 1 amide bonds. The number of rotatable bonds is 4. The number of esters is 2. The third kappa shape index (κ3) is 3.52. The minimum absolute atomic E-state index is 0.234. The van der Waals surface area contributed by atoms with Crippen molar-refractivity contribution in [1.82, 2.24) is 0 Å². The van der Waals surface area contributed by atoms with Crippen molar-refractivity contribution in [2.24, 2.45) is 0 Å². The van der Waals surface area contributed by atoms with Crippen LogP contribution in [-0.4, -0.2) is 30.6 Å². The van der Waals surface area contributed by atoms with Crippen LogP contribution in [0.2, 0.25) is 0 Å². The number of hydrogen-bond donors (Lipinski definition) is 1. The molecule has 2 aromatic carbocycles. The average molecular weight is 339 g/mol. The zero-order valence-corrected chi connectivity index (χ0v) is 13.7. The molecule has 1 aliphatic heterocycles. The van der Waals surface area contributed by atoms with Crippen molar-refractivity contribution in [3.8, 4) is 0 Å². The van der Waals surface area contributed by atoms with Gasteiger partial charge in [0.15, 0.2) is 6.10 Å². The van der Waals surface area contributed by atoms with Crippen molar-refractivity contribution in [3.63, 3.8) is 0 Å². The Bertz CT molecular complexity index is 830. The van der Waals surface area contributed by atoms with Crippen LogP contribution in [0.15, 0.2) is 48.5 Å². The summed E-state index contributed by atoms with van der Waals surface area (Å²) in [6.07, 6.45) is -0.660. The fraction of sp³-hybridized carbons (Fsp3) is 0.211. The highest BCUT2D eigenvalue weighted by Gasteiger charge is 2.31. The van der Waals surface area contributed by atoms with E-state index in [1.807, 2.05) is 6.07 Å². The van der Waals surface area contributed by atoms with Crippen LogP contribution in [-0.2, 0) is 20.7 Å². The Hall–Kier alpha value is -3.15. The minimum Gasteiger partial charge on any atom is -0.462 e. The third-order valence-electron chi connectivity index (χ3n) is 3.86. The second-order valence-corrected chi connectivity index (χ2v) is 5.51. The van der Waals surface area contributed by atoms with Gasteiger partial charge in [-0.1, -0.05) is 30.3 Å². The first-order valence-electron chi connectivity index (χ1n) is 7.96. The Morgan fingerprint density at radius 1 is 1.16 bits per heavy atom. The van der Waals surface area contributed by atoms with Gasteiger partial charge in [-0.15, -0.1) is 0 Å². The van der Waals surface area contributed by atoms with Crippen LogP contribution in [0.1, 0.15) is 33.2 Å². The first-order chi connectivity index (χ1) is 12.1. The molecule has 6 heteroatoms. The number of carbonyl (C=O) groups excluding carboxylic acids is 3. The zero-order valence-electron chi connectivity index (χ0n) is 13.7. The Morgan fingerprint density at radius 2 is 1.88 bits per heavy atom. The molecule has 1 atom stereocenters. The summed E-state index contributed by atoms with van der Waals surface area (Å²) in [6.45, 7) is 1.94. The van der Waals surface area contributed by atoms with Crippen molar-refractivity contribution < 1.29 is 23.9 Å². The number of para-hydroxylation sites is 1. The number of amides is 1. The van der Waals surface area contributed by atoms with Crippen molar-refractivity contribution in [2.75, 3.05) is 11.9 Å². The minimum atomic E-state index is -0.947. The number of benzene rings is 2. The van der Waals surface area contributed by atoms with Crippen LogP contribution in [0.25, 0.3) is 0 Å². The van der Waals surface area contributed by atoms with Gasteiger partial charge in [-0.3, -0.25) is 4.79 Å². The standard InChI is InChI=1S/C19H17NO5/c1-2-24-18(22)14-9-5-6-10-15(14)20-17(21)16-11-12-7-3-4-8-13(12)19(23)25-16/h3-10,16H,2,11H2,1H3,(H,20,21)/t16-/m1/s1. The predicted molar refractivity (Wildman–Crippen MR) is 90.4 cm³/mol. The van der Waals surface area contributed by atoms with Gasteiger partial charge in [0.2, 0.25) is 0 Å². The molecule has 0 bridgehead atoms. The Balaban J connectivity index is 1.78. The molecule has 2 aromatic rings. The molecule has 1 heterocycles. The van der Waals surface area contributed by atoms with E-state index >= 15 is 0 Å². The molecule has 0 spiro atoms. The summed E-state index contributed by atoms with van der Waals surface area (Å²) in [5.74, 6) is -1.54. The van der Waals surface area contributed by atoms with Gasteiger partial charge < -0.3 is 14.8 Å². The second kappa shape index (κ2) is 7.17. The van der Waals surface area contributed by atoms with Gasteiger partial charge in [0, 0.05) is 6.42 Å². The summed E-state index contributed by atoms with van der Waals surface area (Å²) in [7, 11) is 0. The summed E-state index contributed by atoms with van der Waals surface area (Å²) in [5.41, 5.74) is 1.80. The first-order valence-corrected chi connectivity index (χ1v) is 7.96. The highest BCUT2D eigenvalue weighted by molar-refractivity contribution is 6.04. The molecule has 3 rings (SSSR count). The predicted octanol–water partition coefficient (Wildman–Crippen LogP) is 2.58. The molecule has 128 valence electrons. The van der Waals surface area contributed by atoms with Crippen LogP contribution in [0.5, 0.6) is 0 Å². The van der Waals surface area contributed by atoms with Crippen LogP contribution >= 0.6 is 0 Å². The summed E-state index contributed by atoms with van der Waals surface area (Å²) in [6, 6.07) is 13.6. The Kier molecular flexibility index (Phi) is 4.79. The largest absolute Gasteiger partial charge is 0.462 e. The number of nitrogens with one attached hydrogen (secondary N) is 1. The van der Waals surface area contributed by atoms with E-state index in [-0.39, 0.29) is 18.6 Å². The highest BCUT2D eigenvalue weighted by Crippen LogP contribution is 2.22. The molecule has 0 fully saturated rings. The number of carbonyl (C=O) groups is 3. The Morgan fingerprint density at radius 3 is 2.68 bits per heavy atom. The molecule has 0 aliphatic carbocycles. The maximum absolute atomic E-state index is 12.5. The van der Waals surface area contributed by atoms with Crippen LogP contribution < -0.4 is 5.32 Å². The monoisotopic (exact) mass is 339 g/mol. The third-order valence-corrected chi connectivity index (χ3v) is 3.86. The van der Waals surface area contributed by atoms with E-state index in [9.17, 15) is 14.4 Å². The molecule has 0 saturated heterocycles. The molecule has 0 radical (unpaired) electrons. The van der Waals surface area contributed by atoms with E-state index in [1.54, 1.807) is 49.4 Å². The maximum atomic E-state index is 12.5. The molecular formula is C19H17NO5. The molecule has 1 aliphatic rings. The number of cyclic esters (lactones) is 1. The van der Waals surface area contributed by atoms with E-state index in [0.717, 1.165) is 5.56 Å². The van der Waals surface area contributed by atoms with Crippen molar-refractivity contribution >= 4 is 23.5 Å². The maximum Gasteiger partial charge on any atom is 0.340 e. The SMILES string of the molecule is CCOC(=O)c1ccccc1NC(=O)[C@H]1Cc2ccccc2C(=O)O1. The molecule has 0 unspecified atom stereocenters. The summed E-state index contributed by atoms with van der Waals surface area (Å²) in [5, 5.41) is 2.65. The van der Waals surface area contributed by atoms with Crippen molar-refractivity contribution in [2.45, 2.75) is 19.4 Å². The number of ether oxygens (including phenoxy) is 2. The topological polar surface area (TPSA) is 81.7 Å². The quantitative estimate of drug-likeness (QED) is 0.866. The summed E-state index contributed by atoms with van der Waals surface area (Å²) >= 11 is 0. The lowest BCUT2D eigenvalue weighted by atomic mass is 9.98. The number of anilines is 1. The van der Waals surface area contributed by atoms with Gasteiger partial charge in [0.25, 0.3) is 5.91 Å². The van der Waals surface area contributed by atoms with Crippen LogP contribution in [0, 0.1) is 0 Å². The van der Waals surface area contributed by atoms with E-state index < -0.39 is 23.9 Å². The normalized spacial score (nSPS) is 15.7. The number of fused-ring (bicyclic) bond motifs is 1. The van der Waals surface area contributed by atoms with Gasteiger partial charge in [0.1, 0.15) is 0 Å². The lowest BCUT2D eigenvalue weighted by Gasteiger charge is -2.24. The van der Waals surface area contributed by atoms with Crippen molar-refractivity contribution in [1.29, 1.82) is 0 Å². The molecule has 0 saturated carbocycles. The van der Waals surface area contributed by atoms with Crippen LogP contribution in [0.3, 0.4) is 0 Å². The summed E-state index contributed by atoms with van der Waals surface area (Å²) in [4.78, 5) is 36.5. The highest BCUT2D eigenvalue weighted by atomic mass is 16.5. The smallest absolute Gasteiger partial charge is 0.340 e. The van der Waals surface area contributed by atoms with E-state index in [0.29, 0.717) is 11.3 Å². The van der Waals surface area contributed by atoms with Gasteiger partial charge in [0.05, 0.1) is 23.4 Å². The first kappa shape index (κ1) is 16.7. The fourth-order valence-electron chi connectivity index (χ4n) is 2.67. The zero-order chi connectivity index (χ0) is 17.8. The van der Waals surface area contributed by atoms with Gasteiger partial charge in [-0.25, -0.2) is 9.59 Å². The van der Waals surface area contributed by atoms with E-state index in [4.69, 9.17) is 9.47 Å². The Labute approximate surface area is 144 Å². The fourth-order valence-corrected chi connectivity index (χ4v) is 2.67. The molecule has 6 nitrogen and oxygen atoms in total. The summed E-state index contributed by atoms with van der Waals surface area (Å²) < 4.78 is 10.2. The second-order valence-electron chi connectivity index (χ2n) is 5.51. The molecule has 0 aromatic heterocycles. The van der Waals surface area contributed by atoms with Crippen LogP contribution in [0.4, 0.5) is 5.69 Å².